The third-order valence-electron chi connectivity index (χ3n) is 2.72. The molecule has 0 amide bonds. The zero-order valence-electron chi connectivity index (χ0n) is 10.3. The minimum Gasteiger partial charge on any atom is -0.306 e. The van der Waals surface area contributed by atoms with Crippen molar-refractivity contribution in [1.29, 1.82) is 0 Å². The fourth-order valence-corrected chi connectivity index (χ4v) is 2.98. The zero-order chi connectivity index (χ0) is 12.3. The average molecular weight is 241 g/mol. The molecule has 0 heterocycles. The van der Waals surface area contributed by atoms with Crippen molar-refractivity contribution in [3.63, 3.8) is 0 Å². The maximum absolute atomic E-state index is 12.0. The smallest absolute Gasteiger partial charge is 0.179 e. The summed E-state index contributed by atoms with van der Waals surface area (Å²) in [6.07, 6.45) is 0. The predicted molar refractivity (Wildman–Crippen MR) is 66.4 cm³/mol. The van der Waals surface area contributed by atoms with Gasteiger partial charge < -0.3 is 4.90 Å². The molecular weight excluding hydrogens is 222 g/mol. The number of aryl methyl sites for hydroxylation is 1. The highest BCUT2D eigenvalue weighted by Crippen LogP contribution is 2.14. The fourth-order valence-electron chi connectivity index (χ4n) is 1.31. The molecule has 0 aliphatic rings. The van der Waals surface area contributed by atoms with Gasteiger partial charge in [-0.05, 0) is 40.1 Å². The molecule has 0 radical (unpaired) electrons. The molecule has 0 fully saturated rings. The molecule has 0 aromatic heterocycles. The average Bonchev–Trinajstić information content (AvgIpc) is 2.17. The summed E-state index contributed by atoms with van der Waals surface area (Å²) in [5.41, 5.74) is 1.07. The summed E-state index contributed by atoms with van der Waals surface area (Å²) < 4.78 is 24.1. The van der Waals surface area contributed by atoms with Gasteiger partial charge in [-0.1, -0.05) is 17.7 Å². The lowest BCUT2D eigenvalue weighted by Gasteiger charge is -2.19. The highest BCUT2D eigenvalue weighted by Gasteiger charge is 2.19. The molecule has 0 saturated carbocycles. The molecule has 3 nitrogen and oxygen atoms in total. The van der Waals surface area contributed by atoms with Gasteiger partial charge in [-0.2, -0.15) is 0 Å². The van der Waals surface area contributed by atoms with Gasteiger partial charge in [0.25, 0.3) is 0 Å². The quantitative estimate of drug-likeness (QED) is 0.805. The summed E-state index contributed by atoms with van der Waals surface area (Å²) in [5.74, 6) is 0.156. The van der Waals surface area contributed by atoms with Gasteiger partial charge in [0.05, 0.1) is 10.6 Å². The molecular formula is C12H19NO2S. The Morgan fingerprint density at radius 1 is 1.19 bits per heavy atom. The maximum Gasteiger partial charge on any atom is 0.179 e. The lowest BCUT2D eigenvalue weighted by atomic mass is 10.2. The summed E-state index contributed by atoms with van der Waals surface area (Å²) in [6.45, 7) is 3.85. The van der Waals surface area contributed by atoms with Crippen LogP contribution in [0.25, 0.3) is 0 Å². The Balaban J connectivity index is 2.90. The number of hydrogen-bond acceptors (Lipinski definition) is 3. The molecule has 90 valence electrons. The molecule has 1 rings (SSSR count). The van der Waals surface area contributed by atoms with E-state index in [0.717, 1.165) is 5.56 Å². The molecule has 0 bridgehead atoms. The number of rotatable bonds is 4. The van der Waals surface area contributed by atoms with Crippen molar-refractivity contribution in [2.45, 2.75) is 24.8 Å². The Hall–Kier alpha value is -0.870. The molecule has 4 heteroatoms. The van der Waals surface area contributed by atoms with Crippen LogP contribution < -0.4 is 0 Å². The van der Waals surface area contributed by atoms with Crippen molar-refractivity contribution in [3.05, 3.63) is 29.8 Å². The number of benzene rings is 1. The van der Waals surface area contributed by atoms with E-state index in [1.165, 1.54) is 0 Å². The van der Waals surface area contributed by atoms with Gasteiger partial charge >= 0.3 is 0 Å². The second-order valence-electron chi connectivity index (χ2n) is 4.41. The lowest BCUT2D eigenvalue weighted by molar-refractivity contribution is 0.336. The minimum atomic E-state index is -3.16. The van der Waals surface area contributed by atoms with Crippen LogP contribution in [0.2, 0.25) is 0 Å². The highest BCUT2D eigenvalue weighted by atomic mass is 32.2. The first kappa shape index (κ1) is 13.2. The van der Waals surface area contributed by atoms with Crippen molar-refractivity contribution in [2.24, 2.45) is 0 Å². The van der Waals surface area contributed by atoms with Crippen LogP contribution in [-0.4, -0.2) is 39.2 Å². The third-order valence-corrected chi connectivity index (χ3v) is 4.63. The molecule has 1 aromatic carbocycles. The van der Waals surface area contributed by atoms with Crippen LogP contribution in [-0.2, 0) is 9.84 Å². The first-order chi connectivity index (χ1) is 7.33. The summed E-state index contributed by atoms with van der Waals surface area (Å²) in [5, 5.41) is 0. The van der Waals surface area contributed by atoms with Crippen molar-refractivity contribution >= 4 is 9.84 Å². The van der Waals surface area contributed by atoms with Crippen molar-refractivity contribution in [1.82, 2.24) is 4.90 Å². The Morgan fingerprint density at radius 3 is 2.12 bits per heavy atom. The van der Waals surface area contributed by atoms with Gasteiger partial charge in [-0.3, -0.25) is 0 Å². The maximum atomic E-state index is 12.0. The number of hydrogen-bond donors (Lipinski definition) is 0. The normalized spacial score (nSPS) is 14.1. The number of nitrogens with zero attached hydrogens (tertiary/aromatic N) is 1. The fraction of sp³-hybridized carbons (Fsp3) is 0.500. The van der Waals surface area contributed by atoms with Crippen LogP contribution in [0.3, 0.4) is 0 Å². The van der Waals surface area contributed by atoms with E-state index < -0.39 is 9.84 Å². The van der Waals surface area contributed by atoms with Gasteiger partial charge in [-0.15, -0.1) is 0 Å². The van der Waals surface area contributed by atoms with Gasteiger partial charge in [0.1, 0.15) is 0 Å². The SMILES string of the molecule is Cc1ccc(S(=O)(=O)C[C@H](C)N(C)C)cc1. The van der Waals surface area contributed by atoms with E-state index in [1.54, 1.807) is 12.1 Å². The summed E-state index contributed by atoms with van der Waals surface area (Å²) in [7, 11) is 0.606. The summed E-state index contributed by atoms with van der Waals surface area (Å²) in [6, 6.07) is 7.02. The molecule has 16 heavy (non-hydrogen) atoms. The topological polar surface area (TPSA) is 37.4 Å². The Bertz CT molecular complexity index is 435. The van der Waals surface area contributed by atoms with E-state index in [1.807, 2.05) is 45.0 Å². The van der Waals surface area contributed by atoms with E-state index in [4.69, 9.17) is 0 Å². The van der Waals surface area contributed by atoms with Gasteiger partial charge in [0, 0.05) is 6.04 Å². The van der Waals surface area contributed by atoms with E-state index in [0.29, 0.717) is 4.90 Å². The van der Waals surface area contributed by atoms with Crippen molar-refractivity contribution < 1.29 is 8.42 Å². The molecule has 0 unspecified atom stereocenters. The Morgan fingerprint density at radius 2 is 1.69 bits per heavy atom. The van der Waals surface area contributed by atoms with Crippen LogP contribution in [0, 0.1) is 6.92 Å². The first-order valence-electron chi connectivity index (χ1n) is 5.29. The largest absolute Gasteiger partial charge is 0.306 e. The predicted octanol–water partition coefficient (Wildman–Crippen LogP) is 1.72. The Labute approximate surface area is 98.0 Å². The van der Waals surface area contributed by atoms with Crippen LogP contribution in [0.1, 0.15) is 12.5 Å². The second-order valence-corrected chi connectivity index (χ2v) is 6.44. The van der Waals surface area contributed by atoms with Gasteiger partial charge in [-0.25, -0.2) is 8.42 Å². The minimum absolute atomic E-state index is 0.0197. The molecule has 0 N–H and O–H groups in total. The highest BCUT2D eigenvalue weighted by molar-refractivity contribution is 7.91. The van der Waals surface area contributed by atoms with Crippen molar-refractivity contribution in [3.8, 4) is 0 Å². The molecule has 1 atom stereocenters. The molecule has 1 aromatic rings. The first-order valence-corrected chi connectivity index (χ1v) is 6.94. The van der Waals surface area contributed by atoms with Gasteiger partial charge in [0.2, 0.25) is 0 Å². The molecule has 0 aliphatic heterocycles. The zero-order valence-corrected chi connectivity index (χ0v) is 11.1. The van der Waals surface area contributed by atoms with E-state index in [9.17, 15) is 8.42 Å². The lowest BCUT2D eigenvalue weighted by Crippen LogP contribution is -2.31. The van der Waals surface area contributed by atoms with Gasteiger partial charge in [0.15, 0.2) is 9.84 Å². The van der Waals surface area contributed by atoms with Crippen LogP contribution in [0.4, 0.5) is 0 Å². The van der Waals surface area contributed by atoms with Crippen LogP contribution in [0.15, 0.2) is 29.2 Å². The van der Waals surface area contributed by atoms with Crippen molar-refractivity contribution in [2.75, 3.05) is 19.8 Å². The van der Waals surface area contributed by atoms with Crippen LogP contribution in [0.5, 0.6) is 0 Å². The van der Waals surface area contributed by atoms with E-state index >= 15 is 0 Å². The standard InChI is InChI=1S/C12H19NO2S/c1-10-5-7-12(8-6-10)16(14,15)9-11(2)13(3)4/h5-8,11H,9H2,1-4H3/t11-/m0/s1. The summed E-state index contributed by atoms with van der Waals surface area (Å²) >= 11 is 0. The third kappa shape index (κ3) is 3.32. The second kappa shape index (κ2) is 4.97. The molecule has 0 spiro atoms. The van der Waals surface area contributed by atoms with E-state index in [-0.39, 0.29) is 11.8 Å². The van der Waals surface area contributed by atoms with E-state index in [2.05, 4.69) is 0 Å². The van der Waals surface area contributed by atoms with Crippen LogP contribution >= 0.6 is 0 Å². The monoisotopic (exact) mass is 241 g/mol. The molecule has 0 saturated heterocycles. The number of sulfone groups is 1. The summed E-state index contributed by atoms with van der Waals surface area (Å²) in [4.78, 5) is 2.32. The Kier molecular flexibility index (Phi) is 4.10. The molecule has 0 aliphatic carbocycles.